The number of carbonyl (C=O) groups is 2. The molecule has 1 fully saturated rings. The van der Waals surface area contributed by atoms with Gasteiger partial charge in [-0.2, -0.15) is 5.10 Å². The van der Waals surface area contributed by atoms with Crippen LogP contribution in [0.2, 0.25) is 0 Å². The second-order valence-electron chi connectivity index (χ2n) is 7.17. The minimum Gasteiger partial charge on any atom is -0.350 e. The molecule has 0 spiro atoms. The molecule has 0 atom stereocenters. The number of carbonyl (C=O) groups excluding carboxylic acids is 2. The van der Waals surface area contributed by atoms with Gasteiger partial charge in [-0.05, 0) is 39.5 Å². The second kappa shape index (κ2) is 8.28. The molecule has 2 amide bonds. The number of aromatic nitrogens is 4. The standard InChI is InChI=1S/C19H26N6O2/c1-12-9-21-17(11-20-12)19(27)22-10-15-4-6-25(7-5-15)18(26)8-16-13(2)23-24-14(16)3/h9,11,15H,4-8,10H2,1-3H3,(H,22,27)(H,23,24). The molecule has 2 aromatic heterocycles. The summed E-state index contributed by atoms with van der Waals surface area (Å²) in [6.07, 6.45) is 5.24. The zero-order valence-corrected chi connectivity index (χ0v) is 16.1. The molecule has 27 heavy (non-hydrogen) atoms. The van der Waals surface area contributed by atoms with Crippen molar-refractivity contribution in [2.75, 3.05) is 19.6 Å². The summed E-state index contributed by atoms with van der Waals surface area (Å²) in [6.45, 7) is 7.73. The number of nitrogens with one attached hydrogen (secondary N) is 2. The quantitative estimate of drug-likeness (QED) is 0.826. The van der Waals surface area contributed by atoms with Crippen molar-refractivity contribution < 1.29 is 9.59 Å². The van der Waals surface area contributed by atoms with Crippen LogP contribution in [0.25, 0.3) is 0 Å². The van der Waals surface area contributed by atoms with Crippen LogP contribution in [0.4, 0.5) is 0 Å². The van der Waals surface area contributed by atoms with Gasteiger partial charge in [0.1, 0.15) is 5.69 Å². The Morgan fingerprint density at radius 1 is 1.19 bits per heavy atom. The summed E-state index contributed by atoms with van der Waals surface area (Å²) >= 11 is 0. The Kier molecular flexibility index (Phi) is 5.83. The van der Waals surface area contributed by atoms with Crippen molar-refractivity contribution in [2.24, 2.45) is 5.92 Å². The third kappa shape index (κ3) is 4.69. The largest absolute Gasteiger partial charge is 0.350 e. The van der Waals surface area contributed by atoms with E-state index in [-0.39, 0.29) is 11.8 Å². The summed E-state index contributed by atoms with van der Waals surface area (Å²) in [5.41, 5.74) is 3.95. The summed E-state index contributed by atoms with van der Waals surface area (Å²) in [4.78, 5) is 34.8. The van der Waals surface area contributed by atoms with E-state index in [9.17, 15) is 9.59 Å². The average molecular weight is 370 g/mol. The molecule has 0 radical (unpaired) electrons. The molecular formula is C19H26N6O2. The van der Waals surface area contributed by atoms with Gasteiger partial charge in [-0.25, -0.2) is 4.98 Å². The Labute approximate surface area is 158 Å². The van der Waals surface area contributed by atoms with Crippen LogP contribution in [0.1, 0.15) is 46.0 Å². The Bertz CT molecular complexity index is 787. The molecule has 3 rings (SSSR count). The van der Waals surface area contributed by atoms with Crippen LogP contribution in [0.5, 0.6) is 0 Å². The fourth-order valence-electron chi connectivity index (χ4n) is 3.32. The number of nitrogens with zero attached hydrogens (tertiary/aromatic N) is 4. The Morgan fingerprint density at radius 2 is 1.93 bits per heavy atom. The first kappa shape index (κ1) is 19.0. The van der Waals surface area contributed by atoms with Crippen molar-refractivity contribution in [1.29, 1.82) is 0 Å². The molecule has 0 saturated carbocycles. The molecule has 8 nitrogen and oxygen atoms in total. The number of hydrogen-bond donors (Lipinski definition) is 2. The van der Waals surface area contributed by atoms with Crippen LogP contribution in [-0.4, -0.2) is 56.5 Å². The first-order chi connectivity index (χ1) is 12.9. The van der Waals surface area contributed by atoms with Crippen LogP contribution in [-0.2, 0) is 11.2 Å². The molecule has 8 heteroatoms. The summed E-state index contributed by atoms with van der Waals surface area (Å²) in [7, 11) is 0. The van der Waals surface area contributed by atoms with Crippen molar-refractivity contribution in [3.63, 3.8) is 0 Å². The number of aryl methyl sites for hydroxylation is 3. The number of H-pyrrole nitrogens is 1. The summed E-state index contributed by atoms with van der Waals surface area (Å²) in [5.74, 6) is 0.306. The molecule has 2 aromatic rings. The summed E-state index contributed by atoms with van der Waals surface area (Å²) < 4.78 is 0. The van der Waals surface area contributed by atoms with Gasteiger partial charge in [0.25, 0.3) is 5.91 Å². The van der Waals surface area contributed by atoms with Gasteiger partial charge >= 0.3 is 0 Å². The van der Waals surface area contributed by atoms with Crippen molar-refractivity contribution in [1.82, 2.24) is 30.4 Å². The van der Waals surface area contributed by atoms with E-state index >= 15 is 0 Å². The van der Waals surface area contributed by atoms with E-state index < -0.39 is 0 Å². The first-order valence-electron chi connectivity index (χ1n) is 9.29. The number of amides is 2. The van der Waals surface area contributed by atoms with E-state index in [0.717, 1.165) is 48.6 Å². The first-order valence-corrected chi connectivity index (χ1v) is 9.29. The molecule has 1 saturated heterocycles. The average Bonchev–Trinajstić information content (AvgIpc) is 2.99. The Hall–Kier alpha value is -2.77. The van der Waals surface area contributed by atoms with E-state index in [4.69, 9.17) is 0 Å². The van der Waals surface area contributed by atoms with Crippen LogP contribution < -0.4 is 5.32 Å². The molecule has 1 aliphatic heterocycles. The van der Waals surface area contributed by atoms with E-state index in [1.54, 1.807) is 6.20 Å². The highest BCUT2D eigenvalue weighted by atomic mass is 16.2. The SMILES string of the molecule is Cc1cnc(C(=O)NCC2CCN(C(=O)Cc3c(C)n[nH]c3C)CC2)cn1. The molecule has 2 N–H and O–H groups in total. The van der Waals surface area contributed by atoms with E-state index in [1.165, 1.54) is 6.20 Å². The maximum Gasteiger partial charge on any atom is 0.271 e. The van der Waals surface area contributed by atoms with E-state index in [2.05, 4.69) is 25.5 Å². The molecule has 0 aromatic carbocycles. The lowest BCUT2D eigenvalue weighted by molar-refractivity contribution is -0.131. The predicted octanol–water partition coefficient (Wildman–Crippen LogP) is 1.34. The lowest BCUT2D eigenvalue weighted by Crippen LogP contribution is -2.42. The van der Waals surface area contributed by atoms with Crippen molar-refractivity contribution in [2.45, 2.75) is 40.0 Å². The van der Waals surface area contributed by atoms with Crippen LogP contribution in [0.3, 0.4) is 0 Å². The molecule has 3 heterocycles. The number of piperidine rings is 1. The highest BCUT2D eigenvalue weighted by Crippen LogP contribution is 2.19. The number of rotatable bonds is 5. The van der Waals surface area contributed by atoms with Crippen LogP contribution in [0, 0.1) is 26.7 Å². The lowest BCUT2D eigenvalue weighted by Gasteiger charge is -2.32. The predicted molar refractivity (Wildman–Crippen MR) is 100 cm³/mol. The Balaban J connectivity index is 1.44. The molecule has 0 aliphatic carbocycles. The van der Waals surface area contributed by atoms with Crippen LogP contribution in [0.15, 0.2) is 12.4 Å². The van der Waals surface area contributed by atoms with Crippen LogP contribution >= 0.6 is 0 Å². The molecule has 144 valence electrons. The zero-order valence-electron chi connectivity index (χ0n) is 16.1. The third-order valence-electron chi connectivity index (χ3n) is 5.14. The van der Waals surface area contributed by atoms with Gasteiger partial charge in [0.15, 0.2) is 0 Å². The third-order valence-corrected chi connectivity index (χ3v) is 5.14. The van der Waals surface area contributed by atoms with Crippen molar-refractivity contribution in [3.8, 4) is 0 Å². The smallest absolute Gasteiger partial charge is 0.271 e. The highest BCUT2D eigenvalue weighted by Gasteiger charge is 2.24. The normalized spacial score (nSPS) is 15.0. The van der Waals surface area contributed by atoms with E-state index in [1.807, 2.05) is 25.7 Å². The van der Waals surface area contributed by atoms with Gasteiger partial charge < -0.3 is 10.2 Å². The van der Waals surface area contributed by atoms with Gasteiger partial charge in [0, 0.05) is 37.1 Å². The fraction of sp³-hybridized carbons (Fsp3) is 0.526. The van der Waals surface area contributed by atoms with Gasteiger partial charge in [0.2, 0.25) is 5.91 Å². The van der Waals surface area contributed by atoms with Gasteiger partial charge in [-0.3, -0.25) is 19.7 Å². The van der Waals surface area contributed by atoms with Gasteiger partial charge in [0.05, 0.1) is 24.0 Å². The monoisotopic (exact) mass is 370 g/mol. The zero-order chi connectivity index (χ0) is 19.4. The minimum atomic E-state index is -0.202. The van der Waals surface area contributed by atoms with Gasteiger partial charge in [-0.15, -0.1) is 0 Å². The molecular weight excluding hydrogens is 344 g/mol. The lowest BCUT2D eigenvalue weighted by atomic mass is 9.96. The number of likely N-dealkylation sites (tertiary alicyclic amines) is 1. The topological polar surface area (TPSA) is 104 Å². The summed E-state index contributed by atoms with van der Waals surface area (Å²) in [6, 6.07) is 0. The van der Waals surface area contributed by atoms with Gasteiger partial charge in [-0.1, -0.05) is 0 Å². The van der Waals surface area contributed by atoms with Crippen molar-refractivity contribution in [3.05, 3.63) is 40.7 Å². The van der Waals surface area contributed by atoms with E-state index in [0.29, 0.717) is 24.6 Å². The number of aromatic amines is 1. The molecule has 0 unspecified atom stereocenters. The highest BCUT2D eigenvalue weighted by molar-refractivity contribution is 5.91. The Morgan fingerprint density at radius 3 is 2.52 bits per heavy atom. The second-order valence-corrected chi connectivity index (χ2v) is 7.17. The summed E-state index contributed by atoms with van der Waals surface area (Å²) in [5, 5.41) is 10.0. The fourth-order valence-corrected chi connectivity index (χ4v) is 3.32. The maximum atomic E-state index is 12.6. The minimum absolute atomic E-state index is 0.139. The maximum absolute atomic E-state index is 12.6. The molecule has 0 bridgehead atoms. The molecule has 1 aliphatic rings. The number of hydrogen-bond acceptors (Lipinski definition) is 5. The van der Waals surface area contributed by atoms with Crippen molar-refractivity contribution >= 4 is 11.8 Å².